The molecule has 0 saturated carbocycles. The molecule has 0 radical (unpaired) electrons. The number of nitrogens with one attached hydrogen (secondary N) is 1. The highest BCUT2D eigenvalue weighted by atomic mass is 32.1. The van der Waals surface area contributed by atoms with Crippen molar-refractivity contribution >= 4 is 17.6 Å². The molecule has 1 atom stereocenters. The molecule has 0 spiro atoms. The molecular formula is C17H15NO2S. The highest BCUT2D eigenvalue weighted by Crippen LogP contribution is 2.34. The molecule has 3 aromatic rings. The van der Waals surface area contributed by atoms with Crippen LogP contribution in [0.25, 0.3) is 0 Å². The molecule has 3 rings (SSSR count). The fourth-order valence-electron chi connectivity index (χ4n) is 2.42. The van der Waals surface area contributed by atoms with Gasteiger partial charge in [0.25, 0.3) is 0 Å². The topological polar surface area (TPSA) is 42.1 Å². The molecule has 106 valence electrons. The first kappa shape index (κ1) is 13.6. The number of hydrogen-bond acceptors (Lipinski definition) is 3. The van der Waals surface area contributed by atoms with E-state index in [1.54, 1.807) is 18.4 Å². The molecule has 1 N–H and O–H groups in total. The number of H-pyrrole nitrogens is 1. The average molecular weight is 297 g/mol. The Hall–Kier alpha value is -2.33. The first-order chi connectivity index (χ1) is 10.3. The Balaban J connectivity index is 2.05. The molecule has 4 heteroatoms. The van der Waals surface area contributed by atoms with Crippen LogP contribution in [0.5, 0.6) is 5.75 Å². The van der Waals surface area contributed by atoms with E-state index in [0.29, 0.717) is 5.69 Å². The lowest BCUT2D eigenvalue weighted by atomic mass is 9.94. The average Bonchev–Trinajstić information content (AvgIpc) is 3.20. The molecule has 0 aliphatic heterocycles. The molecule has 0 aliphatic rings. The lowest BCUT2D eigenvalue weighted by Gasteiger charge is -2.15. The smallest absolute Gasteiger partial charge is 0.166 e. The maximum Gasteiger partial charge on any atom is 0.166 e. The van der Waals surface area contributed by atoms with Gasteiger partial charge in [-0.2, -0.15) is 0 Å². The van der Waals surface area contributed by atoms with E-state index in [-0.39, 0.29) is 5.92 Å². The van der Waals surface area contributed by atoms with E-state index in [0.717, 1.165) is 23.3 Å². The van der Waals surface area contributed by atoms with Crippen LogP contribution in [0.15, 0.2) is 53.9 Å². The number of aromatic amines is 1. The third kappa shape index (κ3) is 2.76. The Morgan fingerprint density at radius 2 is 1.95 bits per heavy atom. The number of aldehydes is 1. The molecule has 0 saturated heterocycles. The van der Waals surface area contributed by atoms with Gasteiger partial charge < -0.3 is 9.72 Å². The van der Waals surface area contributed by atoms with Gasteiger partial charge in [-0.25, -0.2) is 0 Å². The fraction of sp³-hybridized carbons (Fsp3) is 0.118. The summed E-state index contributed by atoms with van der Waals surface area (Å²) in [6.07, 6.45) is 0.836. The van der Waals surface area contributed by atoms with Crippen molar-refractivity contribution in [1.29, 1.82) is 0 Å². The predicted octanol–water partition coefficient (Wildman–Crippen LogP) is 4.08. The Labute approximate surface area is 127 Å². The third-order valence-electron chi connectivity index (χ3n) is 3.45. The van der Waals surface area contributed by atoms with Gasteiger partial charge in [0.15, 0.2) is 6.29 Å². The fourth-order valence-corrected chi connectivity index (χ4v) is 3.29. The Morgan fingerprint density at radius 1 is 1.14 bits per heavy atom. The number of carbonyl (C=O) groups is 1. The van der Waals surface area contributed by atoms with Crippen LogP contribution in [0.2, 0.25) is 0 Å². The molecule has 0 bridgehead atoms. The summed E-state index contributed by atoms with van der Waals surface area (Å²) in [6, 6.07) is 16.0. The van der Waals surface area contributed by atoms with Crippen molar-refractivity contribution in [3.63, 3.8) is 0 Å². The van der Waals surface area contributed by atoms with Crippen LogP contribution in [-0.4, -0.2) is 18.4 Å². The Morgan fingerprint density at radius 3 is 2.52 bits per heavy atom. The van der Waals surface area contributed by atoms with Gasteiger partial charge in [0.05, 0.1) is 18.7 Å². The molecule has 3 nitrogen and oxygen atoms in total. The van der Waals surface area contributed by atoms with Gasteiger partial charge in [0.1, 0.15) is 5.75 Å². The summed E-state index contributed by atoms with van der Waals surface area (Å²) in [5.74, 6) is 0.938. The Bertz CT molecular complexity index is 714. The number of benzene rings is 1. The maximum atomic E-state index is 10.9. The third-order valence-corrected chi connectivity index (χ3v) is 4.38. The van der Waals surface area contributed by atoms with Crippen molar-refractivity contribution in [3.8, 4) is 5.75 Å². The van der Waals surface area contributed by atoms with E-state index in [2.05, 4.69) is 28.6 Å². The number of rotatable bonds is 5. The first-order valence-electron chi connectivity index (χ1n) is 6.63. The van der Waals surface area contributed by atoms with Gasteiger partial charge in [-0.3, -0.25) is 4.79 Å². The van der Waals surface area contributed by atoms with E-state index in [1.165, 1.54) is 4.88 Å². The zero-order valence-electron chi connectivity index (χ0n) is 11.6. The van der Waals surface area contributed by atoms with Crippen LogP contribution in [-0.2, 0) is 0 Å². The summed E-state index contributed by atoms with van der Waals surface area (Å²) in [6.45, 7) is 0. The second-order valence-corrected chi connectivity index (χ2v) is 5.69. The minimum absolute atomic E-state index is 0.101. The number of aromatic nitrogens is 1. The Kier molecular flexibility index (Phi) is 3.88. The van der Waals surface area contributed by atoms with Crippen molar-refractivity contribution in [2.75, 3.05) is 7.11 Å². The van der Waals surface area contributed by atoms with E-state index in [4.69, 9.17) is 4.74 Å². The summed E-state index contributed by atoms with van der Waals surface area (Å²) >= 11 is 1.71. The van der Waals surface area contributed by atoms with Crippen LogP contribution in [0.4, 0.5) is 0 Å². The molecule has 21 heavy (non-hydrogen) atoms. The molecule has 0 aliphatic carbocycles. The number of hydrogen-bond donors (Lipinski definition) is 1. The second-order valence-electron chi connectivity index (χ2n) is 4.71. The summed E-state index contributed by atoms with van der Waals surface area (Å²) in [4.78, 5) is 15.3. The normalized spacial score (nSPS) is 12.0. The van der Waals surface area contributed by atoms with Crippen LogP contribution in [0.3, 0.4) is 0 Å². The minimum Gasteiger partial charge on any atom is -0.497 e. The zero-order chi connectivity index (χ0) is 14.7. The number of thiophene rings is 1. The van der Waals surface area contributed by atoms with E-state index in [1.807, 2.05) is 30.3 Å². The summed E-state index contributed by atoms with van der Waals surface area (Å²) in [5.41, 5.74) is 2.78. The molecule has 1 aromatic carbocycles. The largest absolute Gasteiger partial charge is 0.497 e. The highest BCUT2D eigenvalue weighted by Gasteiger charge is 2.19. The van der Waals surface area contributed by atoms with Crippen molar-refractivity contribution in [1.82, 2.24) is 4.98 Å². The van der Waals surface area contributed by atoms with Gasteiger partial charge in [-0.1, -0.05) is 18.2 Å². The molecule has 0 fully saturated rings. The van der Waals surface area contributed by atoms with E-state index < -0.39 is 0 Å². The molecule has 0 amide bonds. The minimum atomic E-state index is 0.101. The monoisotopic (exact) mass is 297 g/mol. The van der Waals surface area contributed by atoms with Crippen molar-refractivity contribution in [2.24, 2.45) is 0 Å². The van der Waals surface area contributed by atoms with Crippen molar-refractivity contribution in [3.05, 3.63) is 75.7 Å². The van der Waals surface area contributed by atoms with Crippen molar-refractivity contribution < 1.29 is 9.53 Å². The highest BCUT2D eigenvalue weighted by molar-refractivity contribution is 7.10. The quantitative estimate of drug-likeness (QED) is 0.721. The first-order valence-corrected chi connectivity index (χ1v) is 7.51. The lowest BCUT2D eigenvalue weighted by Crippen LogP contribution is -2.02. The summed E-state index contributed by atoms with van der Waals surface area (Å²) < 4.78 is 5.22. The molecule has 2 aromatic heterocycles. The standard InChI is InChI=1S/C17H15NO2S/c1-20-14-7-4-12(5-8-14)17(16-3-2-10-21-16)15-9-6-13(11-19)18-15/h2-11,17-18H,1H3. The van der Waals surface area contributed by atoms with Crippen LogP contribution in [0.1, 0.15) is 32.5 Å². The maximum absolute atomic E-state index is 10.9. The van der Waals surface area contributed by atoms with Crippen LogP contribution in [0, 0.1) is 0 Å². The SMILES string of the molecule is COc1ccc(C(c2ccc(C=O)[nH]2)c2cccs2)cc1. The second kappa shape index (κ2) is 5.97. The van der Waals surface area contributed by atoms with E-state index >= 15 is 0 Å². The van der Waals surface area contributed by atoms with Gasteiger partial charge in [0, 0.05) is 10.6 Å². The lowest BCUT2D eigenvalue weighted by molar-refractivity contribution is 0.111. The van der Waals surface area contributed by atoms with Crippen LogP contribution >= 0.6 is 11.3 Å². The van der Waals surface area contributed by atoms with Gasteiger partial charge in [0.2, 0.25) is 0 Å². The number of ether oxygens (including phenoxy) is 1. The van der Waals surface area contributed by atoms with Gasteiger partial charge in [-0.15, -0.1) is 11.3 Å². The predicted molar refractivity (Wildman–Crippen MR) is 84.4 cm³/mol. The summed E-state index contributed by atoms with van der Waals surface area (Å²) in [7, 11) is 1.66. The van der Waals surface area contributed by atoms with Crippen LogP contribution < -0.4 is 4.74 Å². The van der Waals surface area contributed by atoms with Crippen molar-refractivity contribution in [2.45, 2.75) is 5.92 Å². The number of carbonyl (C=O) groups excluding carboxylic acids is 1. The molecule has 2 heterocycles. The van der Waals surface area contributed by atoms with E-state index in [9.17, 15) is 4.79 Å². The summed E-state index contributed by atoms with van der Waals surface area (Å²) in [5, 5.41) is 2.06. The van der Waals surface area contributed by atoms with Gasteiger partial charge >= 0.3 is 0 Å². The van der Waals surface area contributed by atoms with Gasteiger partial charge in [-0.05, 0) is 41.3 Å². The molecular weight excluding hydrogens is 282 g/mol. The molecule has 1 unspecified atom stereocenters. The number of methoxy groups -OCH3 is 1. The zero-order valence-corrected chi connectivity index (χ0v) is 12.4.